The van der Waals surface area contributed by atoms with Gasteiger partial charge in [-0.1, -0.05) is 41.4 Å². The van der Waals surface area contributed by atoms with Crippen LogP contribution in [0.3, 0.4) is 0 Å². The Bertz CT molecular complexity index is 661. The molecule has 0 atom stereocenters. The molecule has 2 aromatic rings. The fourth-order valence-corrected chi connectivity index (χ4v) is 2.10. The van der Waals surface area contributed by atoms with Crippen LogP contribution in [-0.2, 0) is 6.54 Å². The van der Waals surface area contributed by atoms with Crippen LogP contribution in [0, 0.1) is 0 Å². The third-order valence-electron chi connectivity index (χ3n) is 2.98. The molecule has 3 N–H and O–H groups in total. The number of nitrogens with zero attached hydrogens (tertiary/aromatic N) is 1. The van der Waals surface area contributed by atoms with E-state index >= 15 is 0 Å². The fraction of sp³-hybridized carbons (Fsp3) is 0.133. The summed E-state index contributed by atoms with van der Waals surface area (Å²) >= 11 is 11.7. The van der Waals surface area contributed by atoms with E-state index in [1.54, 1.807) is 31.3 Å². The Hall–Kier alpha value is -1.91. The van der Waals surface area contributed by atoms with Gasteiger partial charge in [0.1, 0.15) is 0 Å². The normalized spacial score (nSPS) is 10.2. The standard InChI is InChI=1S/C15H15Cl2N3O/c1-20(9-10-4-2-3-5-14(10)18)15(21)19-11-6-7-12(16)13(17)8-11/h2-8H,9,18H2,1H3,(H,19,21). The molecule has 2 rings (SSSR count). The second kappa shape index (κ2) is 6.70. The molecular formula is C15H15Cl2N3O. The van der Waals surface area contributed by atoms with E-state index in [0.29, 0.717) is 28.0 Å². The summed E-state index contributed by atoms with van der Waals surface area (Å²) in [5.74, 6) is 0. The molecule has 2 aromatic carbocycles. The number of halogens is 2. The van der Waals surface area contributed by atoms with Gasteiger partial charge in [-0.15, -0.1) is 0 Å². The largest absolute Gasteiger partial charge is 0.398 e. The average Bonchev–Trinajstić information content (AvgIpc) is 2.45. The van der Waals surface area contributed by atoms with Crippen molar-refractivity contribution in [3.63, 3.8) is 0 Å². The van der Waals surface area contributed by atoms with Crippen LogP contribution in [0.1, 0.15) is 5.56 Å². The Balaban J connectivity index is 2.02. The minimum Gasteiger partial charge on any atom is -0.398 e. The van der Waals surface area contributed by atoms with Gasteiger partial charge in [0.2, 0.25) is 0 Å². The number of hydrogen-bond acceptors (Lipinski definition) is 2. The van der Waals surface area contributed by atoms with Gasteiger partial charge in [0.15, 0.2) is 0 Å². The molecule has 0 aliphatic rings. The van der Waals surface area contributed by atoms with Crippen molar-refractivity contribution < 1.29 is 4.79 Å². The van der Waals surface area contributed by atoms with Gasteiger partial charge in [0, 0.05) is 25.0 Å². The van der Waals surface area contributed by atoms with Gasteiger partial charge in [-0.05, 0) is 29.8 Å². The number of amides is 2. The molecule has 0 aliphatic heterocycles. The number of para-hydroxylation sites is 1. The minimum absolute atomic E-state index is 0.253. The summed E-state index contributed by atoms with van der Waals surface area (Å²) in [6, 6.07) is 12.1. The van der Waals surface area contributed by atoms with Crippen molar-refractivity contribution in [2.24, 2.45) is 0 Å². The van der Waals surface area contributed by atoms with Crippen molar-refractivity contribution in [2.45, 2.75) is 6.54 Å². The summed E-state index contributed by atoms with van der Waals surface area (Å²) in [4.78, 5) is 13.7. The zero-order valence-corrected chi connectivity index (χ0v) is 12.9. The molecule has 0 saturated heterocycles. The third-order valence-corrected chi connectivity index (χ3v) is 3.72. The van der Waals surface area contributed by atoms with Gasteiger partial charge < -0.3 is 16.0 Å². The average molecular weight is 324 g/mol. The number of hydrogen-bond donors (Lipinski definition) is 2. The molecule has 0 radical (unpaired) electrons. The molecule has 110 valence electrons. The summed E-state index contributed by atoms with van der Waals surface area (Å²) in [5, 5.41) is 3.59. The van der Waals surface area contributed by atoms with Gasteiger partial charge in [0.25, 0.3) is 0 Å². The molecule has 2 amide bonds. The molecule has 21 heavy (non-hydrogen) atoms. The van der Waals surface area contributed by atoms with Crippen LogP contribution in [0.25, 0.3) is 0 Å². The fourth-order valence-electron chi connectivity index (χ4n) is 1.80. The highest BCUT2D eigenvalue weighted by atomic mass is 35.5. The lowest BCUT2D eigenvalue weighted by atomic mass is 10.2. The van der Waals surface area contributed by atoms with Crippen LogP contribution in [-0.4, -0.2) is 18.0 Å². The van der Waals surface area contributed by atoms with E-state index in [2.05, 4.69) is 5.32 Å². The summed E-state index contributed by atoms with van der Waals surface area (Å²) in [6.07, 6.45) is 0. The predicted octanol–water partition coefficient (Wildman–Crippen LogP) is 4.24. The molecule has 0 unspecified atom stereocenters. The number of anilines is 2. The van der Waals surface area contributed by atoms with Crippen molar-refractivity contribution in [1.29, 1.82) is 0 Å². The third kappa shape index (κ3) is 4.03. The lowest BCUT2D eigenvalue weighted by Gasteiger charge is -2.19. The summed E-state index contributed by atoms with van der Waals surface area (Å²) in [7, 11) is 1.69. The van der Waals surface area contributed by atoms with Gasteiger partial charge in [0.05, 0.1) is 10.0 Å². The smallest absolute Gasteiger partial charge is 0.321 e. The highest BCUT2D eigenvalue weighted by molar-refractivity contribution is 6.42. The van der Waals surface area contributed by atoms with Gasteiger partial charge in [-0.3, -0.25) is 0 Å². The predicted molar refractivity (Wildman–Crippen MR) is 87.8 cm³/mol. The molecule has 0 fully saturated rings. The van der Waals surface area contributed by atoms with E-state index in [4.69, 9.17) is 28.9 Å². The van der Waals surface area contributed by atoms with Crippen LogP contribution >= 0.6 is 23.2 Å². The first-order chi connectivity index (χ1) is 9.97. The lowest BCUT2D eigenvalue weighted by Crippen LogP contribution is -2.31. The topological polar surface area (TPSA) is 58.4 Å². The van der Waals surface area contributed by atoms with Crippen LogP contribution in [0.4, 0.5) is 16.2 Å². The Kier molecular flexibility index (Phi) is 4.94. The quantitative estimate of drug-likeness (QED) is 0.830. The maximum Gasteiger partial charge on any atom is 0.321 e. The van der Waals surface area contributed by atoms with Crippen molar-refractivity contribution in [3.05, 3.63) is 58.1 Å². The van der Waals surface area contributed by atoms with Crippen LogP contribution < -0.4 is 11.1 Å². The Morgan fingerprint density at radius 2 is 1.90 bits per heavy atom. The first-order valence-electron chi connectivity index (χ1n) is 6.28. The number of nitrogens with two attached hydrogens (primary N) is 1. The summed E-state index contributed by atoms with van der Waals surface area (Å²) in [5.41, 5.74) is 8.00. The number of nitrogens with one attached hydrogen (secondary N) is 1. The Morgan fingerprint density at radius 3 is 2.57 bits per heavy atom. The molecule has 0 bridgehead atoms. The highest BCUT2D eigenvalue weighted by Gasteiger charge is 2.11. The maximum absolute atomic E-state index is 12.1. The minimum atomic E-state index is -0.253. The highest BCUT2D eigenvalue weighted by Crippen LogP contribution is 2.25. The number of benzene rings is 2. The molecule has 6 heteroatoms. The number of urea groups is 1. The van der Waals surface area contributed by atoms with E-state index in [-0.39, 0.29) is 6.03 Å². The monoisotopic (exact) mass is 323 g/mol. The SMILES string of the molecule is CN(Cc1ccccc1N)C(=O)Nc1ccc(Cl)c(Cl)c1. The number of carbonyl (C=O) groups excluding carboxylic acids is 1. The van der Waals surface area contributed by atoms with Crippen molar-refractivity contribution in [3.8, 4) is 0 Å². The summed E-state index contributed by atoms with van der Waals surface area (Å²) in [6.45, 7) is 0.416. The van der Waals surface area contributed by atoms with E-state index in [0.717, 1.165) is 5.56 Å². The summed E-state index contributed by atoms with van der Waals surface area (Å²) < 4.78 is 0. The first-order valence-corrected chi connectivity index (χ1v) is 7.03. The lowest BCUT2D eigenvalue weighted by molar-refractivity contribution is 0.221. The first kappa shape index (κ1) is 15.5. The van der Waals surface area contributed by atoms with Crippen LogP contribution in [0.2, 0.25) is 10.0 Å². The molecule has 0 aromatic heterocycles. The van der Waals surface area contributed by atoms with Gasteiger partial charge >= 0.3 is 6.03 Å². The molecule has 0 heterocycles. The van der Waals surface area contributed by atoms with E-state index in [9.17, 15) is 4.79 Å². The van der Waals surface area contributed by atoms with Crippen LogP contribution in [0.15, 0.2) is 42.5 Å². The second-order valence-corrected chi connectivity index (χ2v) is 5.43. The maximum atomic E-state index is 12.1. The Morgan fingerprint density at radius 1 is 1.19 bits per heavy atom. The molecule has 0 spiro atoms. The van der Waals surface area contributed by atoms with Crippen molar-refractivity contribution >= 4 is 40.6 Å². The zero-order chi connectivity index (χ0) is 15.4. The number of nitrogen functional groups attached to an aromatic ring is 1. The van der Waals surface area contributed by atoms with Gasteiger partial charge in [-0.2, -0.15) is 0 Å². The van der Waals surface area contributed by atoms with Gasteiger partial charge in [-0.25, -0.2) is 4.79 Å². The molecule has 0 aliphatic carbocycles. The molecule has 4 nitrogen and oxygen atoms in total. The van der Waals surface area contributed by atoms with Crippen molar-refractivity contribution in [1.82, 2.24) is 4.90 Å². The van der Waals surface area contributed by atoms with Crippen molar-refractivity contribution in [2.75, 3.05) is 18.1 Å². The Labute approximate surface area is 133 Å². The van der Waals surface area contributed by atoms with Crippen LogP contribution in [0.5, 0.6) is 0 Å². The molecule has 0 saturated carbocycles. The van der Waals surface area contributed by atoms with E-state index in [1.165, 1.54) is 4.90 Å². The number of carbonyl (C=O) groups is 1. The number of rotatable bonds is 3. The van der Waals surface area contributed by atoms with E-state index < -0.39 is 0 Å². The zero-order valence-electron chi connectivity index (χ0n) is 11.4. The second-order valence-electron chi connectivity index (χ2n) is 4.61. The molecular weight excluding hydrogens is 309 g/mol. The van der Waals surface area contributed by atoms with E-state index in [1.807, 2.05) is 18.2 Å².